The van der Waals surface area contributed by atoms with Gasteiger partial charge in [-0.3, -0.25) is 19.2 Å². The number of rotatable bonds is 13. The van der Waals surface area contributed by atoms with Crippen LogP contribution in [-0.4, -0.2) is 58.1 Å². The topological polar surface area (TPSA) is 159 Å². The lowest BCUT2D eigenvalue weighted by molar-refractivity contribution is -0.133. The number of aromatic nitrogens is 2. The Balaban J connectivity index is 3.00. The molecule has 1 aromatic rings. The summed E-state index contributed by atoms with van der Waals surface area (Å²) >= 11 is 0. The van der Waals surface area contributed by atoms with Crippen LogP contribution in [-0.2, 0) is 25.6 Å². The van der Waals surface area contributed by atoms with Gasteiger partial charge in [-0.2, -0.15) is 0 Å². The number of carbonyl (C=O) groups excluding carboxylic acids is 4. The van der Waals surface area contributed by atoms with E-state index in [1.54, 1.807) is 20.0 Å². The summed E-state index contributed by atoms with van der Waals surface area (Å²) in [6.45, 7) is 11.1. The van der Waals surface area contributed by atoms with Gasteiger partial charge in [-0.05, 0) is 24.2 Å². The summed E-state index contributed by atoms with van der Waals surface area (Å²) in [7, 11) is 0. The maximum absolute atomic E-state index is 13.0. The molecular weight excluding hydrogens is 412 g/mol. The van der Waals surface area contributed by atoms with E-state index in [1.807, 2.05) is 34.0 Å². The molecule has 0 fully saturated rings. The Hall–Kier alpha value is -2.75. The number of imidazole rings is 1. The standard InChI is InChI=1S/C22H37N6O4/c1-12(2)7-16(10-29)26-20(30)17(8-15-9-24-11-25-15)27-22(32)19(14(5)6)28-21(31)18(23)13(3)4/h9,11-14,16-19H,7-8,23H2,1-6H3,(H,24,25)(H,26,30)(H,27,32)(H,28,31)/t16-,17-,18-,19-/m0/s1. The average Bonchev–Trinajstić information content (AvgIpc) is 3.22. The Labute approximate surface area is 189 Å². The molecule has 0 spiro atoms. The van der Waals surface area contributed by atoms with E-state index in [1.165, 1.54) is 6.33 Å². The third-order valence-corrected chi connectivity index (χ3v) is 5.03. The molecule has 0 saturated carbocycles. The van der Waals surface area contributed by atoms with Crippen LogP contribution in [0.15, 0.2) is 12.5 Å². The quantitative estimate of drug-likeness (QED) is 0.289. The maximum Gasteiger partial charge on any atom is 0.243 e. The Kier molecular flexibility index (Phi) is 11.0. The van der Waals surface area contributed by atoms with Crippen LogP contribution in [0.25, 0.3) is 0 Å². The van der Waals surface area contributed by atoms with Crippen molar-refractivity contribution in [3.63, 3.8) is 0 Å². The Morgan fingerprint density at radius 3 is 2.12 bits per heavy atom. The van der Waals surface area contributed by atoms with E-state index < -0.39 is 41.9 Å². The van der Waals surface area contributed by atoms with Crippen molar-refractivity contribution in [3.8, 4) is 0 Å². The second-order valence-corrected chi connectivity index (χ2v) is 9.13. The van der Waals surface area contributed by atoms with Gasteiger partial charge < -0.3 is 26.7 Å². The lowest BCUT2D eigenvalue weighted by Crippen LogP contribution is -2.59. The second kappa shape index (κ2) is 12.9. The molecule has 0 unspecified atom stereocenters. The number of nitrogens with one attached hydrogen (secondary N) is 4. The minimum atomic E-state index is -0.995. The zero-order valence-electron chi connectivity index (χ0n) is 19.8. The first kappa shape index (κ1) is 27.3. The van der Waals surface area contributed by atoms with Crippen LogP contribution in [0.4, 0.5) is 0 Å². The Morgan fingerprint density at radius 1 is 1.00 bits per heavy atom. The van der Waals surface area contributed by atoms with Crippen molar-refractivity contribution < 1.29 is 19.2 Å². The number of nitrogens with zero attached hydrogens (tertiary/aromatic N) is 1. The number of amides is 3. The van der Waals surface area contributed by atoms with Gasteiger partial charge in [0.1, 0.15) is 12.1 Å². The average molecular weight is 450 g/mol. The van der Waals surface area contributed by atoms with E-state index in [2.05, 4.69) is 25.9 Å². The molecule has 10 heteroatoms. The van der Waals surface area contributed by atoms with Gasteiger partial charge in [-0.15, -0.1) is 0 Å². The van der Waals surface area contributed by atoms with E-state index in [-0.39, 0.29) is 24.2 Å². The molecule has 1 rings (SSSR count). The largest absolute Gasteiger partial charge is 0.351 e. The molecule has 3 amide bonds. The molecule has 10 nitrogen and oxygen atoms in total. The van der Waals surface area contributed by atoms with Gasteiger partial charge in [0, 0.05) is 12.6 Å². The summed E-state index contributed by atoms with van der Waals surface area (Å²) in [5.41, 5.74) is 6.46. The van der Waals surface area contributed by atoms with Gasteiger partial charge in [0.15, 0.2) is 0 Å². The molecule has 0 aliphatic carbocycles. The molecule has 1 aromatic heterocycles. The fraction of sp³-hybridized carbons (Fsp3) is 0.682. The molecule has 1 heterocycles. The summed E-state index contributed by atoms with van der Waals surface area (Å²) in [5.74, 6) is -1.65. The highest BCUT2D eigenvalue weighted by molar-refractivity contribution is 5.93. The van der Waals surface area contributed by atoms with Gasteiger partial charge in [0.05, 0.1) is 24.1 Å². The number of nitrogens with two attached hydrogens (primary N) is 1. The minimum absolute atomic E-state index is 0.0958. The highest BCUT2D eigenvalue weighted by Gasteiger charge is 2.31. The van der Waals surface area contributed by atoms with Crippen molar-refractivity contribution in [1.29, 1.82) is 0 Å². The molecule has 1 radical (unpaired) electrons. The van der Waals surface area contributed by atoms with Crippen LogP contribution in [0.2, 0.25) is 0 Å². The fourth-order valence-corrected chi connectivity index (χ4v) is 3.05. The van der Waals surface area contributed by atoms with Crippen molar-refractivity contribution in [2.24, 2.45) is 23.5 Å². The van der Waals surface area contributed by atoms with Gasteiger partial charge in [-0.25, -0.2) is 4.98 Å². The normalized spacial score (nSPS) is 15.2. The first-order chi connectivity index (χ1) is 15.0. The molecule has 0 aliphatic heterocycles. The van der Waals surface area contributed by atoms with Crippen LogP contribution in [0, 0.1) is 17.8 Å². The van der Waals surface area contributed by atoms with Gasteiger partial charge >= 0.3 is 0 Å². The number of hydrogen-bond donors (Lipinski definition) is 5. The monoisotopic (exact) mass is 449 g/mol. The van der Waals surface area contributed by atoms with Crippen molar-refractivity contribution in [3.05, 3.63) is 18.2 Å². The predicted molar refractivity (Wildman–Crippen MR) is 121 cm³/mol. The summed E-state index contributed by atoms with van der Waals surface area (Å²) in [5, 5.41) is 8.02. The van der Waals surface area contributed by atoms with Crippen LogP contribution in [0.5, 0.6) is 0 Å². The van der Waals surface area contributed by atoms with E-state index >= 15 is 0 Å². The lowest BCUT2D eigenvalue weighted by atomic mass is 9.99. The van der Waals surface area contributed by atoms with Gasteiger partial charge in [0.25, 0.3) is 0 Å². The lowest BCUT2D eigenvalue weighted by Gasteiger charge is -2.27. The second-order valence-electron chi connectivity index (χ2n) is 9.13. The fourth-order valence-electron chi connectivity index (χ4n) is 3.05. The van der Waals surface area contributed by atoms with Crippen molar-refractivity contribution in [2.45, 2.75) is 78.6 Å². The third-order valence-electron chi connectivity index (χ3n) is 5.03. The van der Waals surface area contributed by atoms with Crippen LogP contribution in [0.3, 0.4) is 0 Å². The zero-order chi connectivity index (χ0) is 24.4. The van der Waals surface area contributed by atoms with Crippen LogP contribution >= 0.6 is 0 Å². The first-order valence-corrected chi connectivity index (χ1v) is 11.0. The number of carbonyl (C=O) groups is 3. The van der Waals surface area contributed by atoms with Crippen LogP contribution in [0.1, 0.15) is 53.7 Å². The van der Waals surface area contributed by atoms with E-state index in [0.29, 0.717) is 12.1 Å². The van der Waals surface area contributed by atoms with E-state index in [0.717, 1.165) is 0 Å². The van der Waals surface area contributed by atoms with Gasteiger partial charge in [-0.1, -0.05) is 41.5 Å². The number of H-pyrrole nitrogens is 1. The molecule has 0 bridgehead atoms. The molecule has 0 aromatic carbocycles. The number of aromatic amines is 1. The van der Waals surface area contributed by atoms with E-state index in [4.69, 9.17) is 5.73 Å². The smallest absolute Gasteiger partial charge is 0.243 e. The molecule has 4 atom stereocenters. The van der Waals surface area contributed by atoms with Crippen LogP contribution < -0.4 is 21.7 Å². The molecule has 179 valence electrons. The summed E-state index contributed by atoms with van der Waals surface area (Å²) < 4.78 is 0. The van der Waals surface area contributed by atoms with Crippen molar-refractivity contribution >= 4 is 24.0 Å². The summed E-state index contributed by atoms with van der Waals surface area (Å²) in [6, 6.07) is -3.42. The Morgan fingerprint density at radius 2 is 1.66 bits per heavy atom. The molecule has 6 N–H and O–H groups in total. The predicted octanol–water partition coefficient (Wildman–Crippen LogP) is 0.202. The molecular formula is C22H37N6O4. The highest BCUT2D eigenvalue weighted by Crippen LogP contribution is 2.08. The highest BCUT2D eigenvalue weighted by atomic mass is 16.2. The molecule has 32 heavy (non-hydrogen) atoms. The third kappa shape index (κ3) is 8.78. The summed E-state index contributed by atoms with van der Waals surface area (Å²) in [6.07, 6.45) is 5.46. The molecule has 0 saturated heterocycles. The minimum Gasteiger partial charge on any atom is -0.351 e. The van der Waals surface area contributed by atoms with Crippen molar-refractivity contribution in [2.75, 3.05) is 0 Å². The SMILES string of the molecule is CC(C)C[C@@H]([C]=O)NC(=O)[C@H](Cc1c[nH]cn1)NC(=O)[C@@H](NC(=O)[C@@H](N)C(C)C)C(C)C. The van der Waals surface area contributed by atoms with Gasteiger partial charge in [0.2, 0.25) is 24.0 Å². The molecule has 0 aliphatic rings. The summed E-state index contributed by atoms with van der Waals surface area (Å²) in [4.78, 5) is 56.6. The zero-order valence-corrected chi connectivity index (χ0v) is 19.8. The maximum atomic E-state index is 13.0. The Bertz CT molecular complexity index is 748. The first-order valence-electron chi connectivity index (χ1n) is 11.0. The van der Waals surface area contributed by atoms with Crippen molar-refractivity contribution in [1.82, 2.24) is 25.9 Å². The number of hydrogen-bond acceptors (Lipinski definition) is 6. The van der Waals surface area contributed by atoms with E-state index in [9.17, 15) is 19.2 Å².